The summed E-state index contributed by atoms with van der Waals surface area (Å²) in [7, 11) is 0. The van der Waals surface area contributed by atoms with Gasteiger partial charge in [0, 0.05) is 18.7 Å². The molecule has 6 heteroatoms. The Morgan fingerprint density at radius 3 is 2.67 bits per heavy atom. The van der Waals surface area contributed by atoms with Crippen molar-refractivity contribution in [1.29, 1.82) is 0 Å². The fourth-order valence-electron chi connectivity index (χ4n) is 3.87. The maximum absolute atomic E-state index is 12.6. The van der Waals surface area contributed by atoms with Crippen molar-refractivity contribution in [3.8, 4) is 0 Å². The molecule has 2 saturated heterocycles. The molecule has 1 aromatic heterocycles. The van der Waals surface area contributed by atoms with Gasteiger partial charge in [-0.15, -0.1) is 0 Å². The average molecular weight is 334 g/mol. The van der Waals surface area contributed by atoms with Crippen LogP contribution in [0.2, 0.25) is 0 Å². The third kappa shape index (κ3) is 3.81. The Bertz CT molecular complexity index is 543. The molecule has 1 amide bonds. The zero-order valence-corrected chi connectivity index (χ0v) is 15.1. The van der Waals surface area contributed by atoms with Crippen LogP contribution in [0.5, 0.6) is 0 Å². The van der Waals surface area contributed by atoms with E-state index in [0.29, 0.717) is 12.0 Å². The molecule has 2 aliphatic heterocycles. The van der Waals surface area contributed by atoms with Crippen LogP contribution in [0.3, 0.4) is 0 Å². The van der Waals surface area contributed by atoms with Crippen molar-refractivity contribution in [2.45, 2.75) is 64.6 Å². The van der Waals surface area contributed by atoms with Crippen LogP contribution in [0.1, 0.15) is 52.5 Å². The number of carbonyl (C=O) groups excluding carboxylic acids is 1. The fraction of sp³-hybridized carbons (Fsp3) is 0.778. The maximum atomic E-state index is 12.6. The first-order chi connectivity index (χ1) is 11.6. The lowest BCUT2D eigenvalue weighted by Gasteiger charge is -2.37. The molecule has 0 radical (unpaired) electrons. The Labute approximate surface area is 144 Å². The molecule has 3 rings (SSSR count). The van der Waals surface area contributed by atoms with Crippen LogP contribution in [0.4, 0.5) is 5.82 Å². The zero-order chi connectivity index (χ0) is 17.1. The van der Waals surface area contributed by atoms with Crippen molar-refractivity contribution in [2.75, 3.05) is 25.0 Å². The summed E-state index contributed by atoms with van der Waals surface area (Å²) in [6.45, 7) is 8.99. The summed E-state index contributed by atoms with van der Waals surface area (Å²) < 4.78 is 7.68. The second kappa shape index (κ2) is 7.66. The monoisotopic (exact) mass is 334 g/mol. The van der Waals surface area contributed by atoms with Gasteiger partial charge in [-0.1, -0.05) is 0 Å². The number of nitrogens with one attached hydrogen (secondary N) is 1. The Morgan fingerprint density at radius 2 is 2.04 bits per heavy atom. The molecule has 0 saturated carbocycles. The van der Waals surface area contributed by atoms with Gasteiger partial charge in [-0.3, -0.25) is 9.69 Å². The Hall–Kier alpha value is -1.40. The smallest absolute Gasteiger partial charge is 0.242 e. The standard InChI is InChI=1S/C18H30N4O2/c1-13(2)22-17(6-9-19-22)20-18(23)14(3)21-10-7-15(8-11-21)16-5-4-12-24-16/h6,9,13-16H,4-5,7-8,10-12H2,1-3H3,(H,20,23). The summed E-state index contributed by atoms with van der Waals surface area (Å²) in [5.74, 6) is 1.49. The van der Waals surface area contributed by atoms with Crippen LogP contribution in [0.25, 0.3) is 0 Å². The van der Waals surface area contributed by atoms with Crippen LogP contribution in [-0.2, 0) is 9.53 Å². The third-order valence-electron chi connectivity index (χ3n) is 5.40. The predicted octanol–water partition coefficient (Wildman–Crippen LogP) is 2.68. The minimum Gasteiger partial charge on any atom is -0.378 e. The highest BCUT2D eigenvalue weighted by Crippen LogP contribution is 2.29. The molecule has 1 N–H and O–H groups in total. The van der Waals surface area contributed by atoms with Crippen LogP contribution >= 0.6 is 0 Å². The quantitative estimate of drug-likeness (QED) is 0.899. The minimum absolute atomic E-state index is 0.0490. The van der Waals surface area contributed by atoms with Crippen molar-refractivity contribution in [1.82, 2.24) is 14.7 Å². The number of aromatic nitrogens is 2. The van der Waals surface area contributed by atoms with E-state index in [2.05, 4.69) is 29.2 Å². The van der Waals surface area contributed by atoms with Gasteiger partial charge < -0.3 is 10.1 Å². The van der Waals surface area contributed by atoms with Gasteiger partial charge in [-0.05, 0) is 65.5 Å². The number of rotatable bonds is 5. The summed E-state index contributed by atoms with van der Waals surface area (Å²) in [5, 5.41) is 7.30. The number of hydrogen-bond donors (Lipinski definition) is 1. The van der Waals surface area contributed by atoms with Gasteiger partial charge in [0.05, 0.1) is 18.3 Å². The fourth-order valence-corrected chi connectivity index (χ4v) is 3.87. The number of ether oxygens (including phenoxy) is 1. The van der Waals surface area contributed by atoms with Crippen LogP contribution < -0.4 is 5.32 Å². The highest BCUT2D eigenvalue weighted by molar-refractivity contribution is 5.93. The van der Waals surface area contributed by atoms with Gasteiger partial charge in [0.2, 0.25) is 5.91 Å². The molecular weight excluding hydrogens is 304 g/mol. The highest BCUT2D eigenvalue weighted by atomic mass is 16.5. The number of amides is 1. The lowest BCUT2D eigenvalue weighted by Crippen LogP contribution is -2.47. The second-order valence-electron chi connectivity index (χ2n) is 7.34. The molecule has 0 aromatic carbocycles. The molecular formula is C18H30N4O2. The number of likely N-dealkylation sites (tertiary alicyclic amines) is 1. The molecule has 6 nitrogen and oxygen atoms in total. The molecule has 2 atom stereocenters. The Kier molecular flexibility index (Phi) is 5.56. The van der Waals surface area contributed by atoms with E-state index < -0.39 is 0 Å². The number of nitrogens with zero attached hydrogens (tertiary/aromatic N) is 3. The normalized spacial score (nSPS) is 24.4. The molecule has 134 valence electrons. The maximum Gasteiger partial charge on any atom is 0.242 e. The predicted molar refractivity (Wildman–Crippen MR) is 94.0 cm³/mol. The number of carbonyl (C=O) groups is 1. The average Bonchev–Trinajstić information content (AvgIpc) is 3.26. The van der Waals surface area contributed by atoms with Crippen molar-refractivity contribution >= 4 is 11.7 Å². The Balaban J connectivity index is 1.52. The first-order valence-electron chi connectivity index (χ1n) is 9.26. The Morgan fingerprint density at radius 1 is 1.29 bits per heavy atom. The minimum atomic E-state index is -0.119. The van der Waals surface area contributed by atoms with Crippen molar-refractivity contribution in [2.24, 2.45) is 5.92 Å². The van der Waals surface area contributed by atoms with Crippen LogP contribution in [-0.4, -0.2) is 52.4 Å². The topological polar surface area (TPSA) is 59.4 Å². The van der Waals surface area contributed by atoms with Crippen LogP contribution in [0.15, 0.2) is 12.3 Å². The SMILES string of the molecule is CC(C(=O)Nc1ccnn1C(C)C)N1CCC(C2CCCO2)CC1. The van der Waals surface area contributed by atoms with E-state index in [4.69, 9.17) is 4.74 Å². The van der Waals surface area contributed by atoms with E-state index in [9.17, 15) is 4.79 Å². The molecule has 0 spiro atoms. The van der Waals surface area contributed by atoms with Gasteiger partial charge >= 0.3 is 0 Å². The number of anilines is 1. The molecule has 1 aromatic rings. The van der Waals surface area contributed by atoms with Crippen molar-refractivity contribution < 1.29 is 9.53 Å². The number of piperidine rings is 1. The molecule has 24 heavy (non-hydrogen) atoms. The largest absolute Gasteiger partial charge is 0.378 e. The van der Waals surface area contributed by atoms with Crippen molar-refractivity contribution in [3.05, 3.63) is 12.3 Å². The van der Waals surface area contributed by atoms with E-state index in [1.807, 2.05) is 17.7 Å². The second-order valence-corrected chi connectivity index (χ2v) is 7.34. The summed E-state index contributed by atoms with van der Waals surface area (Å²) in [4.78, 5) is 14.9. The van der Waals surface area contributed by atoms with E-state index in [0.717, 1.165) is 38.4 Å². The van der Waals surface area contributed by atoms with Gasteiger partial charge in [0.1, 0.15) is 5.82 Å². The highest BCUT2D eigenvalue weighted by Gasteiger charge is 2.32. The lowest BCUT2D eigenvalue weighted by molar-refractivity contribution is -0.121. The summed E-state index contributed by atoms with van der Waals surface area (Å²) in [6.07, 6.45) is 6.86. The molecule has 0 bridgehead atoms. The lowest BCUT2D eigenvalue weighted by atomic mass is 9.89. The molecule has 2 fully saturated rings. The molecule has 3 heterocycles. The van der Waals surface area contributed by atoms with Gasteiger partial charge in [-0.2, -0.15) is 5.10 Å². The van der Waals surface area contributed by atoms with E-state index in [1.165, 1.54) is 12.8 Å². The zero-order valence-electron chi connectivity index (χ0n) is 15.1. The van der Waals surface area contributed by atoms with E-state index in [-0.39, 0.29) is 18.0 Å². The van der Waals surface area contributed by atoms with Crippen molar-refractivity contribution in [3.63, 3.8) is 0 Å². The first-order valence-corrected chi connectivity index (χ1v) is 9.26. The van der Waals surface area contributed by atoms with Gasteiger partial charge in [0.25, 0.3) is 0 Å². The van der Waals surface area contributed by atoms with Gasteiger partial charge in [0.15, 0.2) is 0 Å². The summed E-state index contributed by atoms with van der Waals surface area (Å²) in [5.41, 5.74) is 0. The molecule has 2 aliphatic rings. The third-order valence-corrected chi connectivity index (χ3v) is 5.40. The first kappa shape index (κ1) is 17.4. The summed E-state index contributed by atoms with van der Waals surface area (Å²) >= 11 is 0. The van der Waals surface area contributed by atoms with Gasteiger partial charge in [-0.25, -0.2) is 4.68 Å². The summed E-state index contributed by atoms with van der Waals surface area (Å²) in [6, 6.07) is 1.97. The molecule has 0 aliphatic carbocycles. The number of hydrogen-bond acceptors (Lipinski definition) is 4. The molecule has 2 unspecified atom stereocenters. The van der Waals surface area contributed by atoms with E-state index in [1.54, 1.807) is 6.20 Å². The van der Waals surface area contributed by atoms with E-state index >= 15 is 0 Å². The van der Waals surface area contributed by atoms with Crippen LogP contribution in [0, 0.1) is 5.92 Å².